The number of hydrogen-bond donors (Lipinski definition) is 1. The van der Waals surface area contributed by atoms with Crippen molar-refractivity contribution in [3.8, 4) is 5.75 Å². The second kappa shape index (κ2) is 8.97. The number of anilines is 2. The molecule has 1 aromatic carbocycles. The number of morpholine rings is 1. The Hall–Kier alpha value is -3.04. The average molecular weight is 411 g/mol. The summed E-state index contributed by atoms with van der Waals surface area (Å²) < 4.78 is 11.4. The first-order chi connectivity index (χ1) is 14.2. The van der Waals surface area contributed by atoms with Gasteiger partial charge in [-0.2, -0.15) is 0 Å². The normalized spacial score (nSPS) is 16.4. The van der Waals surface area contributed by atoms with Gasteiger partial charge in [0.05, 0.1) is 18.8 Å². The molecule has 1 aliphatic rings. The van der Waals surface area contributed by atoms with Gasteiger partial charge >= 0.3 is 0 Å². The highest BCUT2D eigenvalue weighted by Gasteiger charge is 2.26. The molecule has 1 aliphatic heterocycles. The summed E-state index contributed by atoms with van der Waals surface area (Å²) in [6.45, 7) is 3.33. The predicted octanol–water partition coefficient (Wildman–Crippen LogP) is 2.96. The number of aromatic nitrogens is 3. The lowest BCUT2D eigenvalue weighted by molar-refractivity contribution is -0.141. The van der Waals surface area contributed by atoms with Crippen molar-refractivity contribution in [2.24, 2.45) is 0 Å². The summed E-state index contributed by atoms with van der Waals surface area (Å²) in [5.74, 6) is 1.27. The summed E-state index contributed by atoms with van der Waals surface area (Å²) in [7, 11) is 0. The minimum absolute atomic E-state index is 0.00214. The maximum absolute atomic E-state index is 12.6. The van der Waals surface area contributed by atoms with Crippen LogP contribution < -0.4 is 10.1 Å². The summed E-state index contributed by atoms with van der Waals surface area (Å²) in [5, 5.41) is 12.8. The lowest BCUT2D eigenvalue weighted by Gasteiger charge is -2.32. The number of aryl methyl sites for hydroxylation is 1. The number of ether oxygens (including phenoxy) is 2. The van der Waals surface area contributed by atoms with Crippen molar-refractivity contribution in [3.63, 3.8) is 0 Å². The van der Waals surface area contributed by atoms with E-state index >= 15 is 0 Å². The van der Waals surface area contributed by atoms with Gasteiger partial charge in [0.15, 0.2) is 6.61 Å². The number of hydrogen-bond acceptors (Lipinski definition) is 8. The van der Waals surface area contributed by atoms with Gasteiger partial charge in [-0.25, -0.2) is 4.98 Å². The minimum atomic E-state index is -0.290. The summed E-state index contributed by atoms with van der Waals surface area (Å²) in [5.41, 5.74) is 0.762. The maximum Gasteiger partial charge on any atom is 0.260 e. The van der Waals surface area contributed by atoms with E-state index in [1.54, 1.807) is 4.90 Å². The zero-order valence-electron chi connectivity index (χ0n) is 15.9. The van der Waals surface area contributed by atoms with Crippen molar-refractivity contribution < 1.29 is 14.3 Å². The second-order valence-electron chi connectivity index (χ2n) is 6.50. The van der Waals surface area contributed by atoms with Crippen molar-refractivity contribution in [2.75, 3.05) is 31.6 Å². The molecule has 1 fully saturated rings. The highest BCUT2D eigenvalue weighted by molar-refractivity contribution is 7.15. The molecule has 9 heteroatoms. The van der Waals surface area contributed by atoms with Gasteiger partial charge in [-0.05, 0) is 31.2 Å². The first-order valence-corrected chi connectivity index (χ1v) is 10.1. The van der Waals surface area contributed by atoms with Crippen molar-refractivity contribution in [3.05, 3.63) is 59.2 Å². The van der Waals surface area contributed by atoms with Crippen LogP contribution >= 0.6 is 11.3 Å². The number of rotatable bonds is 6. The Morgan fingerprint density at radius 1 is 1.24 bits per heavy atom. The fourth-order valence-electron chi connectivity index (χ4n) is 2.96. The first-order valence-electron chi connectivity index (χ1n) is 9.29. The Kier molecular flexibility index (Phi) is 5.97. The third kappa shape index (κ3) is 5.07. The fourth-order valence-corrected chi connectivity index (χ4v) is 3.56. The number of amides is 1. The molecule has 0 bridgehead atoms. The van der Waals surface area contributed by atoms with E-state index in [0.717, 1.165) is 10.7 Å². The van der Waals surface area contributed by atoms with Crippen LogP contribution in [0.4, 0.5) is 10.9 Å². The number of para-hydroxylation sites is 1. The van der Waals surface area contributed by atoms with E-state index in [1.165, 1.54) is 11.3 Å². The van der Waals surface area contributed by atoms with E-state index in [9.17, 15) is 4.79 Å². The predicted molar refractivity (Wildman–Crippen MR) is 109 cm³/mol. The van der Waals surface area contributed by atoms with E-state index in [2.05, 4.69) is 20.5 Å². The molecule has 1 amide bonds. The van der Waals surface area contributed by atoms with Crippen LogP contribution in [0.5, 0.6) is 5.75 Å². The van der Waals surface area contributed by atoms with Crippen LogP contribution in [0.15, 0.2) is 48.5 Å². The van der Waals surface area contributed by atoms with Gasteiger partial charge in [0.25, 0.3) is 5.91 Å². The molecule has 8 nitrogen and oxygen atoms in total. The molecule has 4 rings (SSSR count). The zero-order chi connectivity index (χ0) is 20.1. The lowest BCUT2D eigenvalue weighted by atomic mass is 10.2. The molecule has 0 saturated carbocycles. The van der Waals surface area contributed by atoms with Gasteiger partial charge in [0.2, 0.25) is 5.13 Å². The van der Waals surface area contributed by atoms with Crippen molar-refractivity contribution in [1.29, 1.82) is 0 Å². The van der Waals surface area contributed by atoms with Crippen LogP contribution in [0.2, 0.25) is 0 Å². The van der Waals surface area contributed by atoms with Crippen LogP contribution in [0.25, 0.3) is 0 Å². The average Bonchev–Trinajstić information content (AvgIpc) is 3.17. The molecule has 1 unspecified atom stereocenters. The largest absolute Gasteiger partial charge is 0.484 e. The van der Waals surface area contributed by atoms with E-state index < -0.39 is 0 Å². The monoisotopic (exact) mass is 411 g/mol. The van der Waals surface area contributed by atoms with Gasteiger partial charge in [-0.3, -0.25) is 4.79 Å². The lowest BCUT2D eigenvalue weighted by Crippen LogP contribution is -2.44. The first kappa shape index (κ1) is 19.3. The quantitative estimate of drug-likeness (QED) is 0.667. The number of carbonyl (C=O) groups is 1. The molecule has 0 aliphatic carbocycles. The summed E-state index contributed by atoms with van der Waals surface area (Å²) in [4.78, 5) is 18.9. The van der Waals surface area contributed by atoms with E-state index in [4.69, 9.17) is 9.47 Å². The fraction of sp³-hybridized carbons (Fsp3) is 0.300. The number of nitrogens with one attached hydrogen (secondary N) is 1. The van der Waals surface area contributed by atoms with Crippen LogP contribution in [-0.4, -0.2) is 52.3 Å². The molecule has 1 saturated heterocycles. The molecule has 3 aromatic rings. The van der Waals surface area contributed by atoms with Crippen molar-refractivity contribution in [1.82, 2.24) is 20.1 Å². The standard InChI is InChI=1S/C20H21N5O3S/c1-14-23-24-20(29-14)22-18-9-5-8-16(21-18)17-12-25(10-11-27-17)19(26)13-28-15-6-3-2-4-7-15/h2-9,17H,10-13H2,1H3,(H,21,22,24). The summed E-state index contributed by atoms with van der Waals surface area (Å²) in [6, 6.07) is 15.0. The molecule has 3 heterocycles. The van der Waals surface area contributed by atoms with E-state index in [-0.39, 0.29) is 18.6 Å². The van der Waals surface area contributed by atoms with E-state index in [1.807, 2.05) is 55.5 Å². The number of carbonyl (C=O) groups excluding carboxylic acids is 1. The molecule has 2 aromatic heterocycles. The van der Waals surface area contributed by atoms with Crippen molar-refractivity contribution in [2.45, 2.75) is 13.0 Å². The third-order valence-corrected chi connectivity index (χ3v) is 5.14. The topological polar surface area (TPSA) is 89.5 Å². The Morgan fingerprint density at radius 2 is 2.10 bits per heavy atom. The third-order valence-electron chi connectivity index (χ3n) is 4.39. The van der Waals surface area contributed by atoms with Crippen LogP contribution in [0, 0.1) is 6.92 Å². The Balaban J connectivity index is 1.37. The second-order valence-corrected chi connectivity index (χ2v) is 7.68. The highest BCUT2D eigenvalue weighted by Crippen LogP contribution is 2.24. The number of benzene rings is 1. The van der Waals surface area contributed by atoms with Gasteiger partial charge in [-0.1, -0.05) is 35.6 Å². The summed E-state index contributed by atoms with van der Waals surface area (Å²) >= 11 is 1.46. The Morgan fingerprint density at radius 3 is 2.90 bits per heavy atom. The Labute approximate surface area is 172 Å². The molecule has 0 spiro atoms. The van der Waals surface area contributed by atoms with Crippen LogP contribution in [0.3, 0.4) is 0 Å². The van der Waals surface area contributed by atoms with E-state index in [0.29, 0.717) is 36.4 Å². The van der Waals surface area contributed by atoms with Crippen LogP contribution in [0.1, 0.15) is 16.8 Å². The van der Waals surface area contributed by atoms with Gasteiger partial charge in [0.1, 0.15) is 22.7 Å². The minimum Gasteiger partial charge on any atom is -0.484 e. The molecular weight excluding hydrogens is 390 g/mol. The van der Waals surface area contributed by atoms with Crippen LogP contribution in [-0.2, 0) is 9.53 Å². The maximum atomic E-state index is 12.6. The highest BCUT2D eigenvalue weighted by atomic mass is 32.1. The molecular formula is C20H21N5O3S. The number of pyridine rings is 1. The molecule has 150 valence electrons. The Bertz CT molecular complexity index is 966. The zero-order valence-corrected chi connectivity index (χ0v) is 16.8. The summed E-state index contributed by atoms with van der Waals surface area (Å²) in [6.07, 6.45) is -0.290. The molecule has 29 heavy (non-hydrogen) atoms. The van der Waals surface area contributed by atoms with Gasteiger partial charge in [-0.15, -0.1) is 10.2 Å². The molecule has 1 N–H and O–H groups in total. The van der Waals surface area contributed by atoms with Gasteiger partial charge in [0, 0.05) is 6.54 Å². The van der Waals surface area contributed by atoms with Gasteiger partial charge < -0.3 is 19.7 Å². The number of nitrogens with zero attached hydrogens (tertiary/aromatic N) is 4. The SMILES string of the molecule is Cc1nnc(Nc2cccc(C3CN(C(=O)COc4ccccc4)CCO3)n2)s1. The molecule has 1 atom stereocenters. The molecule has 0 radical (unpaired) electrons. The van der Waals surface area contributed by atoms with Crippen molar-refractivity contribution >= 4 is 28.2 Å². The smallest absolute Gasteiger partial charge is 0.260 e.